The summed E-state index contributed by atoms with van der Waals surface area (Å²) >= 11 is 3.40. The fourth-order valence-corrected chi connectivity index (χ4v) is 8.91. The second kappa shape index (κ2) is 13.9. The third kappa shape index (κ3) is 6.39. The molecule has 0 spiro atoms. The number of aliphatic hydroxyl groups is 1. The number of aliphatic hydroxyl groups excluding tert-OH is 1. The normalized spacial score (nSPS) is 20.4. The van der Waals surface area contributed by atoms with Crippen LogP contribution in [0.25, 0.3) is 21.3 Å². The summed E-state index contributed by atoms with van der Waals surface area (Å²) in [5, 5.41) is 9.63. The van der Waals surface area contributed by atoms with Crippen LogP contribution in [-0.4, -0.2) is 38.7 Å². The molecule has 1 fully saturated rings. The summed E-state index contributed by atoms with van der Waals surface area (Å²) in [6, 6.07) is 39.2. The molecule has 7 nitrogen and oxygen atoms in total. The second-order valence-electron chi connectivity index (χ2n) is 12.6. The first kappa shape index (κ1) is 32.6. The van der Waals surface area contributed by atoms with Crippen LogP contribution in [0.4, 0.5) is 0 Å². The maximum atomic E-state index is 13.0. The summed E-state index contributed by atoms with van der Waals surface area (Å²) < 4.78 is 15.7. The van der Waals surface area contributed by atoms with Crippen molar-refractivity contribution in [3.8, 4) is 11.1 Å². The smallest absolute Gasteiger partial charge is 0.261 e. The van der Waals surface area contributed by atoms with Gasteiger partial charge in [-0.3, -0.25) is 14.5 Å². The predicted molar refractivity (Wildman–Crippen MR) is 196 cm³/mol. The number of carbonyl (C=O) groups excluding carboxylic acids is 2. The van der Waals surface area contributed by atoms with Crippen molar-refractivity contribution in [2.45, 2.75) is 42.9 Å². The predicted octanol–water partition coefficient (Wildman–Crippen LogP) is 8.84. The molecule has 1 aromatic heterocycles. The number of thiazole rings is 1. The standard InChI is InChI=1S/C41H34N2O5S2/c1-25-35(24-49-41-42-34-14-4-5-15-36(34)50-41)47-40(48-37(25)28-18-16-26(23-44)17-19-28)31-11-7-10-30(21-31)29-9-6-8-27(20-29)22-43-38(45)32-12-2-3-13-33(32)39(43)46/h2-21,25,35,37,40,44H,22-24H2,1H3/t25-,35+,37+,40+/m1/s1. The lowest BCUT2D eigenvalue weighted by Crippen LogP contribution is -2.38. The van der Waals surface area contributed by atoms with E-state index in [0.29, 0.717) is 16.9 Å². The third-order valence-electron chi connectivity index (χ3n) is 9.41. The molecule has 0 unspecified atom stereocenters. The molecule has 4 atom stereocenters. The SMILES string of the molecule is C[C@@H]1[C@H](CSc2nc3ccccc3s2)O[C@H](c2cccc(-c3cccc(CN4C(=O)c5ccccc5C4=O)c3)c2)O[C@@H]1c1ccc(CO)cc1. The van der Waals surface area contributed by atoms with Crippen LogP contribution in [0.5, 0.6) is 0 Å². The quantitative estimate of drug-likeness (QED) is 0.119. The van der Waals surface area contributed by atoms with Crippen LogP contribution >= 0.6 is 23.1 Å². The number of fused-ring (bicyclic) bond motifs is 2. The van der Waals surface area contributed by atoms with Crippen LogP contribution in [0.15, 0.2) is 126 Å². The Morgan fingerprint density at radius 3 is 2.20 bits per heavy atom. The molecular weight excluding hydrogens is 665 g/mol. The van der Waals surface area contributed by atoms with Gasteiger partial charge in [0.1, 0.15) is 0 Å². The van der Waals surface area contributed by atoms with Crippen molar-refractivity contribution in [3.63, 3.8) is 0 Å². The minimum atomic E-state index is -0.615. The summed E-state index contributed by atoms with van der Waals surface area (Å²) in [6.07, 6.45) is -0.967. The molecule has 0 saturated carbocycles. The average Bonchev–Trinajstić information content (AvgIpc) is 3.69. The largest absolute Gasteiger partial charge is 0.392 e. The average molecular weight is 699 g/mol. The summed E-state index contributed by atoms with van der Waals surface area (Å²) in [5.41, 5.74) is 7.48. The van der Waals surface area contributed by atoms with Crippen LogP contribution in [0.2, 0.25) is 0 Å². The number of benzene rings is 5. The molecule has 250 valence electrons. The number of nitrogens with zero attached hydrogens (tertiary/aromatic N) is 2. The topological polar surface area (TPSA) is 89.0 Å². The highest BCUT2D eigenvalue weighted by Gasteiger charge is 2.39. The van der Waals surface area contributed by atoms with Gasteiger partial charge in [0.2, 0.25) is 0 Å². The second-order valence-corrected chi connectivity index (χ2v) is 14.9. The summed E-state index contributed by atoms with van der Waals surface area (Å²) in [6.45, 7) is 2.35. The van der Waals surface area contributed by atoms with Crippen LogP contribution in [0.3, 0.4) is 0 Å². The van der Waals surface area contributed by atoms with Crippen molar-refractivity contribution < 1.29 is 24.2 Å². The molecule has 2 aliphatic heterocycles. The number of aromatic nitrogens is 1. The fraction of sp³-hybridized carbons (Fsp3) is 0.195. The lowest BCUT2D eigenvalue weighted by Gasteiger charge is -2.41. The van der Waals surface area contributed by atoms with Crippen LogP contribution in [0, 0.1) is 5.92 Å². The van der Waals surface area contributed by atoms with Crippen LogP contribution < -0.4 is 0 Å². The monoisotopic (exact) mass is 698 g/mol. The van der Waals surface area contributed by atoms with E-state index in [2.05, 4.69) is 19.1 Å². The number of rotatable bonds is 9. The van der Waals surface area contributed by atoms with Gasteiger partial charge in [-0.15, -0.1) is 11.3 Å². The summed E-state index contributed by atoms with van der Waals surface area (Å²) in [5.74, 6) is 0.228. The molecule has 2 amide bonds. The molecule has 0 aliphatic carbocycles. The molecule has 5 aromatic carbocycles. The molecule has 8 rings (SSSR count). The molecular formula is C41H34N2O5S2. The molecule has 6 aromatic rings. The first-order valence-corrected chi connectivity index (χ1v) is 18.4. The van der Waals surface area contributed by atoms with E-state index in [0.717, 1.165) is 43.2 Å². The van der Waals surface area contributed by atoms with E-state index in [4.69, 9.17) is 14.5 Å². The van der Waals surface area contributed by atoms with Gasteiger partial charge in [-0.1, -0.05) is 104 Å². The van der Waals surface area contributed by atoms with Crippen molar-refractivity contribution >= 4 is 45.1 Å². The molecule has 0 bridgehead atoms. The number of carbonyl (C=O) groups is 2. The Labute approximate surface area is 298 Å². The van der Waals surface area contributed by atoms with Crippen molar-refractivity contribution in [2.75, 3.05) is 5.75 Å². The highest BCUT2D eigenvalue weighted by Crippen LogP contribution is 2.44. The van der Waals surface area contributed by atoms with Gasteiger partial charge in [-0.2, -0.15) is 0 Å². The van der Waals surface area contributed by atoms with E-state index in [9.17, 15) is 14.7 Å². The molecule has 0 radical (unpaired) electrons. The zero-order valence-electron chi connectivity index (χ0n) is 27.3. The zero-order valence-corrected chi connectivity index (χ0v) is 28.9. The maximum absolute atomic E-state index is 13.0. The zero-order chi connectivity index (χ0) is 34.2. The Kier molecular flexibility index (Phi) is 9.07. The highest BCUT2D eigenvalue weighted by atomic mass is 32.2. The van der Waals surface area contributed by atoms with E-state index < -0.39 is 6.29 Å². The Morgan fingerprint density at radius 2 is 1.46 bits per heavy atom. The molecule has 1 saturated heterocycles. The van der Waals surface area contributed by atoms with E-state index >= 15 is 0 Å². The first-order chi connectivity index (χ1) is 24.4. The molecule has 9 heteroatoms. The van der Waals surface area contributed by atoms with Crippen molar-refractivity contribution in [2.24, 2.45) is 5.92 Å². The lowest BCUT2D eigenvalue weighted by molar-refractivity contribution is -0.268. The van der Waals surface area contributed by atoms with Gasteiger partial charge >= 0.3 is 0 Å². The summed E-state index contributed by atoms with van der Waals surface area (Å²) in [4.78, 5) is 32.2. The maximum Gasteiger partial charge on any atom is 0.261 e. The summed E-state index contributed by atoms with van der Waals surface area (Å²) in [7, 11) is 0. The molecule has 50 heavy (non-hydrogen) atoms. The number of thioether (sulfide) groups is 1. The lowest BCUT2D eigenvalue weighted by atomic mass is 9.91. The Hall–Kier alpha value is -4.64. The van der Waals surface area contributed by atoms with Gasteiger partial charge in [0.15, 0.2) is 10.6 Å². The number of amides is 2. The van der Waals surface area contributed by atoms with Gasteiger partial charge in [-0.25, -0.2) is 4.98 Å². The van der Waals surface area contributed by atoms with Gasteiger partial charge < -0.3 is 14.6 Å². The van der Waals surface area contributed by atoms with E-state index in [-0.39, 0.29) is 43.1 Å². The fourth-order valence-electron chi connectivity index (χ4n) is 6.66. The van der Waals surface area contributed by atoms with Crippen molar-refractivity contribution in [1.82, 2.24) is 9.88 Å². The number of hydrogen-bond acceptors (Lipinski definition) is 8. The highest BCUT2D eigenvalue weighted by molar-refractivity contribution is 8.01. The Bertz CT molecular complexity index is 2130. The van der Waals surface area contributed by atoms with Crippen molar-refractivity contribution in [1.29, 1.82) is 0 Å². The number of ether oxygens (including phenoxy) is 2. The van der Waals surface area contributed by atoms with Gasteiger partial charge in [-0.05, 0) is 64.2 Å². The van der Waals surface area contributed by atoms with Crippen LogP contribution in [-0.2, 0) is 22.6 Å². The minimum Gasteiger partial charge on any atom is -0.392 e. The van der Waals surface area contributed by atoms with Gasteiger partial charge in [0.05, 0.1) is 46.7 Å². The molecule has 3 heterocycles. The van der Waals surface area contributed by atoms with E-state index in [1.807, 2.05) is 84.9 Å². The van der Waals surface area contributed by atoms with Crippen LogP contribution in [0.1, 0.15) is 62.3 Å². The van der Waals surface area contributed by atoms with E-state index in [1.54, 1.807) is 47.4 Å². The Balaban J connectivity index is 1.05. The van der Waals surface area contributed by atoms with E-state index in [1.165, 1.54) is 9.60 Å². The molecule has 2 aliphatic rings. The minimum absolute atomic E-state index is 0.0131. The van der Waals surface area contributed by atoms with Crippen molar-refractivity contribution in [3.05, 3.63) is 155 Å². The number of imide groups is 1. The first-order valence-electron chi connectivity index (χ1n) is 16.6. The van der Waals surface area contributed by atoms with Gasteiger partial charge in [0, 0.05) is 17.2 Å². The third-order valence-corrected chi connectivity index (χ3v) is 11.7. The Morgan fingerprint density at radius 1 is 0.760 bits per heavy atom. The molecule has 1 N–H and O–H groups in total. The number of para-hydroxylation sites is 1. The number of hydrogen-bond donors (Lipinski definition) is 1. The van der Waals surface area contributed by atoms with Gasteiger partial charge in [0.25, 0.3) is 11.8 Å².